The molecule has 6 nitrogen and oxygen atoms in total. The molecule has 0 fully saturated rings. The molecule has 0 bridgehead atoms. The topological polar surface area (TPSA) is 81.7 Å². The Labute approximate surface area is 148 Å². The number of carbonyl (C=O) groups excluding carboxylic acids is 1. The van der Waals surface area contributed by atoms with Gasteiger partial charge in [0.2, 0.25) is 0 Å². The van der Waals surface area contributed by atoms with Crippen molar-refractivity contribution in [2.24, 2.45) is 0 Å². The highest BCUT2D eigenvalue weighted by Crippen LogP contribution is 2.23. The highest BCUT2D eigenvalue weighted by molar-refractivity contribution is 6.31. The molecule has 1 heterocycles. The molecule has 0 atom stereocenters. The molecule has 0 saturated carbocycles. The number of hydrogen-bond acceptors (Lipinski definition) is 2. The third-order valence-electron chi connectivity index (χ3n) is 3.92. The summed E-state index contributed by atoms with van der Waals surface area (Å²) in [6.45, 7) is 0.761. The van der Waals surface area contributed by atoms with Gasteiger partial charge in [0.05, 0.1) is 5.02 Å². The fourth-order valence-corrected chi connectivity index (χ4v) is 2.84. The van der Waals surface area contributed by atoms with Crippen LogP contribution in [0.15, 0.2) is 36.4 Å². The van der Waals surface area contributed by atoms with Crippen LogP contribution in [0.3, 0.4) is 0 Å². The van der Waals surface area contributed by atoms with E-state index in [1.165, 1.54) is 23.1 Å². The molecular weight excluding hydrogens is 349 g/mol. The van der Waals surface area contributed by atoms with Gasteiger partial charge in [0.1, 0.15) is 5.82 Å². The van der Waals surface area contributed by atoms with E-state index in [4.69, 9.17) is 16.7 Å². The predicted octanol–water partition coefficient (Wildman–Crippen LogP) is 4.16. The van der Waals surface area contributed by atoms with E-state index in [2.05, 4.69) is 10.6 Å². The van der Waals surface area contributed by atoms with Crippen LogP contribution in [0, 0.1) is 5.82 Å². The van der Waals surface area contributed by atoms with E-state index in [1.54, 1.807) is 12.1 Å². The van der Waals surface area contributed by atoms with Gasteiger partial charge in [0, 0.05) is 24.5 Å². The molecule has 2 aromatic carbocycles. The van der Waals surface area contributed by atoms with Crippen LogP contribution in [0.2, 0.25) is 5.02 Å². The van der Waals surface area contributed by atoms with Crippen molar-refractivity contribution < 1.29 is 19.1 Å². The molecule has 0 unspecified atom stereocenters. The number of halogens is 2. The Morgan fingerprint density at radius 1 is 1.08 bits per heavy atom. The maximum Gasteiger partial charge on any atom is 0.407 e. The van der Waals surface area contributed by atoms with Gasteiger partial charge in [-0.25, -0.2) is 14.0 Å². The second-order valence-corrected chi connectivity index (χ2v) is 6.05. The van der Waals surface area contributed by atoms with Gasteiger partial charge in [-0.1, -0.05) is 17.7 Å². The normalized spacial score (nSPS) is 13.1. The molecule has 130 valence electrons. The molecule has 0 radical (unpaired) electrons. The van der Waals surface area contributed by atoms with Crippen molar-refractivity contribution in [3.05, 3.63) is 58.4 Å². The number of hydrogen-bond donors (Lipinski definition) is 3. The smallest absolute Gasteiger partial charge is 0.407 e. The minimum absolute atomic E-state index is 0.0745. The number of nitrogens with zero attached hydrogens (tertiary/aromatic N) is 1. The molecule has 0 spiro atoms. The third-order valence-corrected chi connectivity index (χ3v) is 4.21. The minimum atomic E-state index is -0.940. The third kappa shape index (κ3) is 4.00. The van der Waals surface area contributed by atoms with Gasteiger partial charge in [0.15, 0.2) is 0 Å². The first kappa shape index (κ1) is 17.0. The number of benzene rings is 2. The maximum atomic E-state index is 13.1. The fourth-order valence-electron chi connectivity index (χ4n) is 2.66. The Morgan fingerprint density at radius 2 is 1.76 bits per heavy atom. The van der Waals surface area contributed by atoms with Gasteiger partial charge in [-0.2, -0.15) is 0 Å². The summed E-state index contributed by atoms with van der Waals surface area (Å²) in [5, 5.41) is 14.2. The number of anilines is 2. The molecule has 3 amide bonds. The number of fused-ring (bicyclic) bond motifs is 1. The molecule has 25 heavy (non-hydrogen) atoms. The molecule has 8 heteroatoms. The van der Waals surface area contributed by atoms with E-state index in [9.17, 15) is 14.0 Å². The van der Waals surface area contributed by atoms with Gasteiger partial charge in [0.25, 0.3) is 0 Å². The monoisotopic (exact) mass is 363 g/mol. The van der Waals surface area contributed by atoms with Gasteiger partial charge < -0.3 is 20.6 Å². The van der Waals surface area contributed by atoms with E-state index in [0.717, 1.165) is 11.1 Å². The molecule has 1 aliphatic rings. The Morgan fingerprint density at radius 3 is 2.44 bits per heavy atom. The van der Waals surface area contributed by atoms with Crippen molar-refractivity contribution in [3.63, 3.8) is 0 Å². The predicted molar refractivity (Wildman–Crippen MR) is 92.6 cm³/mol. The van der Waals surface area contributed by atoms with E-state index < -0.39 is 17.9 Å². The van der Waals surface area contributed by atoms with Gasteiger partial charge >= 0.3 is 12.1 Å². The number of rotatable bonds is 2. The van der Waals surface area contributed by atoms with Crippen LogP contribution < -0.4 is 10.6 Å². The molecule has 0 aliphatic carbocycles. The first-order valence-corrected chi connectivity index (χ1v) is 7.93. The second-order valence-electron chi connectivity index (χ2n) is 5.65. The number of carbonyl (C=O) groups is 2. The largest absolute Gasteiger partial charge is 0.465 e. The quantitative estimate of drug-likeness (QED) is 0.749. The summed E-state index contributed by atoms with van der Waals surface area (Å²) in [6.07, 6.45) is -0.350. The zero-order valence-electron chi connectivity index (χ0n) is 13.1. The lowest BCUT2D eigenvalue weighted by atomic mass is 9.99. The van der Waals surface area contributed by atoms with Crippen LogP contribution in [-0.2, 0) is 13.0 Å². The van der Waals surface area contributed by atoms with E-state index >= 15 is 0 Å². The standard InChI is InChI=1S/C17H15ClFN3O3/c18-14-8-13(3-4-15(14)19)21-16(23)20-12-2-1-11-9-22(17(24)25)6-5-10(11)7-12/h1-4,7-8H,5-6,9H2,(H,24,25)(H2,20,21,23). The lowest BCUT2D eigenvalue weighted by Gasteiger charge is -2.26. The van der Waals surface area contributed by atoms with Crippen LogP contribution >= 0.6 is 11.6 Å². The van der Waals surface area contributed by atoms with Crippen molar-refractivity contribution in [2.75, 3.05) is 17.2 Å². The Hall–Kier alpha value is -2.80. The number of amides is 3. The summed E-state index contributed by atoms with van der Waals surface area (Å²) in [4.78, 5) is 24.4. The molecular formula is C17H15ClFN3O3. The fraction of sp³-hybridized carbons (Fsp3) is 0.176. The molecule has 3 N–H and O–H groups in total. The van der Waals surface area contributed by atoms with Crippen molar-refractivity contribution in [1.82, 2.24) is 4.90 Å². The van der Waals surface area contributed by atoms with Crippen molar-refractivity contribution in [2.45, 2.75) is 13.0 Å². The Kier molecular flexibility index (Phi) is 4.76. The van der Waals surface area contributed by atoms with Crippen LogP contribution in [0.25, 0.3) is 0 Å². The average Bonchev–Trinajstić information content (AvgIpc) is 2.57. The molecule has 3 rings (SSSR count). The average molecular weight is 364 g/mol. The molecule has 0 aromatic heterocycles. The summed E-state index contributed by atoms with van der Waals surface area (Å²) < 4.78 is 13.1. The molecule has 1 aliphatic heterocycles. The summed E-state index contributed by atoms with van der Waals surface area (Å²) in [5.74, 6) is -0.558. The van der Waals surface area contributed by atoms with E-state index in [-0.39, 0.29) is 5.02 Å². The van der Waals surface area contributed by atoms with Crippen molar-refractivity contribution >= 4 is 35.1 Å². The highest BCUT2D eigenvalue weighted by Gasteiger charge is 2.20. The van der Waals surface area contributed by atoms with Gasteiger partial charge in [-0.15, -0.1) is 0 Å². The van der Waals surface area contributed by atoms with E-state index in [0.29, 0.717) is 30.9 Å². The number of urea groups is 1. The Balaban J connectivity index is 1.66. The summed E-state index contributed by atoms with van der Waals surface area (Å²) in [6, 6.07) is 8.76. The first-order valence-electron chi connectivity index (χ1n) is 7.55. The first-order chi connectivity index (χ1) is 11.9. The Bertz CT molecular complexity index is 844. The number of carboxylic acid groups (broad SMARTS) is 1. The zero-order chi connectivity index (χ0) is 18.0. The zero-order valence-corrected chi connectivity index (χ0v) is 13.8. The van der Waals surface area contributed by atoms with E-state index in [1.807, 2.05) is 6.07 Å². The summed E-state index contributed by atoms with van der Waals surface area (Å²) >= 11 is 5.68. The lowest BCUT2D eigenvalue weighted by Crippen LogP contribution is -2.34. The maximum absolute atomic E-state index is 13.1. The van der Waals surface area contributed by atoms with Crippen LogP contribution in [0.4, 0.5) is 25.4 Å². The summed E-state index contributed by atoms with van der Waals surface area (Å²) in [5.41, 5.74) is 2.89. The highest BCUT2D eigenvalue weighted by atomic mass is 35.5. The lowest BCUT2D eigenvalue weighted by molar-refractivity contribution is 0.140. The van der Waals surface area contributed by atoms with Gasteiger partial charge in [-0.05, 0) is 47.9 Å². The van der Waals surface area contributed by atoms with Crippen LogP contribution in [0.5, 0.6) is 0 Å². The van der Waals surface area contributed by atoms with Crippen molar-refractivity contribution in [1.29, 1.82) is 0 Å². The molecule has 0 saturated heterocycles. The van der Waals surface area contributed by atoms with Crippen LogP contribution in [0.1, 0.15) is 11.1 Å². The summed E-state index contributed by atoms with van der Waals surface area (Å²) in [7, 11) is 0. The van der Waals surface area contributed by atoms with Gasteiger partial charge in [-0.3, -0.25) is 0 Å². The van der Waals surface area contributed by atoms with Crippen molar-refractivity contribution in [3.8, 4) is 0 Å². The minimum Gasteiger partial charge on any atom is -0.465 e. The molecule has 2 aromatic rings. The SMILES string of the molecule is O=C(Nc1ccc(F)c(Cl)c1)Nc1ccc2c(c1)CCN(C(=O)O)C2. The van der Waals surface area contributed by atoms with Crippen LogP contribution in [-0.4, -0.2) is 28.7 Å². The number of nitrogens with one attached hydrogen (secondary N) is 2. The second kappa shape index (κ2) is 6.98.